The Morgan fingerprint density at radius 1 is 1.29 bits per heavy atom. The summed E-state index contributed by atoms with van der Waals surface area (Å²) in [5.41, 5.74) is 2.56. The zero-order valence-electron chi connectivity index (χ0n) is 9.77. The van der Waals surface area contributed by atoms with Crippen molar-refractivity contribution in [1.82, 2.24) is 8.75 Å². The number of halogens is 1. The molecule has 1 unspecified atom stereocenters. The number of aromatic nitrogens is 2. The SMILES string of the molecule is CCc1ccc(C(C)Nc2nsnc2Cl)cc1. The zero-order valence-corrected chi connectivity index (χ0v) is 11.3. The topological polar surface area (TPSA) is 37.8 Å². The van der Waals surface area contributed by atoms with Crippen LogP contribution in [0.3, 0.4) is 0 Å². The summed E-state index contributed by atoms with van der Waals surface area (Å²) in [7, 11) is 0. The second-order valence-corrected chi connectivity index (χ2v) is 4.75. The van der Waals surface area contributed by atoms with Gasteiger partial charge in [0.25, 0.3) is 0 Å². The Hall–Kier alpha value is -1.13. The Balaban J connectivity index is 2.09. The first kappa shape index (κ1) is 12.3. The van der Waals surface area contributed by atoms with Crippen molar-refractivity contribution >= 4 is 29.1 Å². The average molecular weight is 268 g/mol. The molecule has 17 heavy (non-hydrogen) atoms. The van der Waals surface area contributed by atoms with Gasteiger partial charge in [0.2, 0.25) is 0 Å². The lowest BCUT2D eigenvalue weighted by atomic mass is 10.1. The summed E-state index contributed by atoms with van der Waals surface area (Å²) in [6, 6.07) is 8.72. The maximum absolute atomic E-state index is 5.89. The predicted molar refractivity (Wildman–Crippen MR) is 72.8 cm³/mol. The fourth-order valence-electron chi connectivity index (χ4n) is 1.59. The number of hydrogen-bond acceptors (Lipinski definition) is 4. The molecule has 1 N–H and O–H groups in total. The standard InChI is InChI=1S/C12H14ClN3S/c1-3-9-4-6-10(7-5-9)8(2)14-12-11(13)15-17-16-12/h4-8H,3H2,1-2H3,(H,14,16). The van der Waals surface area contributed by atoms with E-state index in [-0.39, 0.29) is 6.04 Å². The number of benzene rings is 1. The first-order valence-corrected chi connectivity index (χ1v) is 6.65. The monoisotopic (exact) mass is 267 g/mol. The van der Waals surface area contributed by atoms with E-state index in [1.54, 1.807) is 0 Å². The minimum Gasteiger partial charge on any atom is -0.360 e. The van der Waals surface area contributed by atoms with Gasteiger partial charge in [-0.3, -0.25) is 0 Å². The van der Waals surface area contributed by atoms with Gasteiger partial charge in [-0.25, -0.2) is 0 Å². The molecule has 2 rings (SSSR count). The fourth-order valence-corrected chi connectivity index (χ4v) is 2.25. The molecule has 3 nitrogen and oxygen atoms in total. The van der Waals surface area contributed by atoms with Crippen LogP contribution in [-0.2, 0) is 6.42 Å². The van der Waals surface area contributed by atoms with Gasteiger partial charge < -0.3 is 5.32 Å². The highest BCUT2D eigenvalue weighted by molar-refractivity contribution is 6.99. The molecule has 1 aromatic heterocycles. The van der Waals surface area contributed by atoms with Crippen molar-refractivity contribution in [3.05, 3.63) is 40.5 Å². The molecule has 90 valence electrons. The first-order chi connectivity index (χ1) is 8.20. The highest BCUT2D eigenvalue weighted by atomic mass is 35.5. The van der Waals surface area contributed by atoms with Gasteiger partial charge >= 0.3 is 0 Å². The lowest BCUT2D eigenvalue weighted by Crippen LogP contribution is -2.07. The Kier molecular flexibility index (Phi) is 3.97. The number of nitrogens with one attached hydrogen (secondary N) is 1. The minimum absolute atomic E-state index is 0.169. The van der Waals surface area contributed by atoms with E-state index in [0.29, 0.717) is 11.0 Å². The molecule has 0 spiro atoms. The maximum Gasteiger partial charge on any atom is 0.186 e. The third kappa shape index (κ3) is 2.96. The molecule has 0 saturated carbocycles. The summed E-state index contributed by atoms with van der Waals surface area (Å²) in [5, 5.41) is 3.69. The van der Waals surface area contributed by atoms with Crippen molar-refractivity contribution in [2.24, 2.45) is 0 Å². The number of nitrogens with zero attached hydrogens (tertiary/aromatic N) is 2. The Morgan fingerprint density at radius 3 is 2.53 bits per heavy atom. The second-order valence-electron chi connectivity index (χ2n) is 3.86. The van der Waals surface area contributed by atoms with Crippen LogP contribution in [0.4, 0.5) is 5.82 Å². The van der Waals surface area contributed by atoms with Crippen molar-refractivity contribution < 1.29 is 0 Å². The summed E-state index contributed by atoms with van der Waals surface area (Å²) in [4.78, 5) is 0. The molecule has 1 aromatic carbocycles. The van der Waals surface area contributed by atoms with Crippen LogP contribution < -0.4 is 5.32 Å². The van der Waals surface area contributed by atoms with Crippen molar-refractivity contribution in [1.29, 1.82) is 0 Å². The van der Waals surface area contributed by atoms with Gasteiger partial charge in [0, 0.05) is 0 Å². The van der Waals surface area contributed by atoms with Crippen LogP contribution in [0.25, 0.3) is 0 Å². The predicted octanol–water partition coefficient (Wildman–Crippen LogP) is 3.93. The Bertz CT molecular complexity index is 481. The number of rotatable bonds is 4. The molecule has 0 aliphatic rings. The highest BCUT2D eigenvalue weighted by Gasteiger charge is 2.10. The molecule has 1 heterocycles. The number of anilines is 1. The summed E-state index contributed by atoms with van der Waals surface area (Å²) in [5.74, 6) is 0.656. The van der Waals surface area contributed by atoms with Gasteiger partial charge in [-0.15, -0.1) is 0 Å². The van der Waals surface area contributed by atoms with Crippen LogP contribution >= 0.6 is 23.3 Å². The van der Waals surface area contributed by atoms with E-state index in [1.807, 2.05) is 0 Å². The van der Waals surface area contributed by atoms with Crippen LogP contribution in [0.2, 0.25) is 5.15 Å². The van der Waals surface area contributed by atoms with E-state index < -0.39 is 0 Å². The molecule has 0 aliphatic heterocycles. The average Bonchev–Trinajstić information content (AvgIpc) is 2.75. The van der Waals surface area contributed by atoms with Gasteiger partial charge in [0.1, 0.15) is 0 Å². The van der Waals surface area contributed by atoms with Gasteiger partial charge in [0.15, 0.2) is 11.0 Å². The van der Waals surface area contributed by atoms with E-state index in [1.165, 1.54) is 11.1 Å². The van der Waals surface area contributed by atoms with E-state index in [4.69, 9.17) is 11.6 Å². The van der Waals surface area contributed by atoms with Gasteiger partial charge in [-0.2, -0.15) is 8.75 Å². The maximum atomic E-state index is 5.89. The largest absolute Gasteiger partial charge is 0.360 e. The second kappa shape index (κ2) is 5.47. The Labute approximate surface area is 110 Å². The van der Waals surface area contributed by atoms with E-state index in [9.17, 15) is 0 Å². The van der Waals surface area contributed by atoms with Crippen molar-refractivity contribution in [3.8, 4) is 0 Å². The summed E-state index contributed by atoms with van der Waals surface area (Å²) in [6.07, 6.45) is 1.06. The molecular formula is C12H14ClN3S. The minimum atomic E-state index is 0.169. The van der Waals surface area contributed by atoms with Crippen molar-refractivity contribution in [2.45, 2.75) is 26.3 Å². The normalized spacial score (nSPS) is 12.4. The summed E-state index contributed by atoms with van der Waals surface area (Å²) < 4.78 is 8.03. The Morgan fingerprint density at radius 2 is 2.00 bits per heavy atom. The first-order valence-electron chi connectivity index (χ1n) is 5.54. The molecule has 0 saturated heterocycles. The molecule has 0 amide bonds. The van der Waals surface area contributed by atoms with E-state index >= 15 is 0 Å². The van der Waals surface area contributed by atoms with Crippen LogP contribution in [0.5, 0.6) is 0 Å². The molecule has 5 heteroatoms. The smallest absolute Gasteiger partial charge is 0.186 e. The van der Waals surface area contributed by atoms with Crippen molar-refractivity contribution in [2.75, 3.05) is 5.32 Å². The van der Waals surface area contributed by atoms with Crippen LogP contribution in [0.15, 0.2) is 24.3 Å². The molecule has 0 radical (unpaired) electrons. The summed E-state index contributed by atoms with van der Waals surface area (Å²) >= 11 is 7.01. The third-order valence-electron chi connectivity index (χ3n) is 2.69. The lowest BCUT2D eigenvalue weighted by Gasteiger charge is -2.13. The molecule has 0 aliphatic carbocycles. The molecule has 2 aromatic rings. The molecule has 0 fully saturated rings. The van der Waals surface area contributed by atoms with Crippen LogP contribution in [0, 0.1) is 0 Å². The van der Waals surface area contributed by atoms with Gasteiger partial charge in [0.05, 0.1) is 17.8 Å². The number of hydrogen-bond donors (Lipinski definition) is 1. The quantitative estimate of drug-likeness (QED) is 0.912. The lowest BCUT2D eigenvalue weighted by molar-refractivity contribution is 0.877. The molecule has 0 bridgehead atoms. The molecule has 1 atom stereocenters. The summed E-state index contributed by atoms with van der Waals surface area (Å²) in [6.45, 7) is 4.23. The van der Waals surface area contributed by atoms with Crippen LogP contribution in [-0.4, -0.2) is 8.75 Å². The fraction of sp³-hybridized carbons (Fsp3) is 0.333. The van der Waals surface area contributed by atoms with Crippen molar-refractivity contribution in [3.63, 3.8) is 0 Å². The van der Waals surface area contributed by atoms with E-state index in [0.717, 1.165) is 18.1 Å². The molecular weight excluding hydrogens is 254 g/mol. The van der Waals surface area contributed by atoms with Crippen LogP contribution in [0.1, 0.15) is 31.0 Å². The van der Waals surface area contributed by atoms with Gasteiger partial charge in [-0.1, -0.05) is 42.8 Å². The highest BCUT2D eigenvalue weighted by Crippen LogP contribution is 2.24. The van der Waals surface area contributed by atoms with E-state index in [2.05, 4.69) is 52.2 Å². The zero-order chi connectivity index (χ0) is 12.3. The third-order valence-corrected chi connectivity index (χ3v) is 3.58. The number of aryl methyl sites for hydroxylation is 1. The van der Waals surface area contributed by atoms with Gasteiger partial charge in [-0.05, 0) is 24.5 Å².